The minimum Gasteiger partial charge on any atom is -0.484 e. The molecule has 0 aliphatic rings. The summed E-state index contributed by atoms with van der Waals surface area (Å²) in [5.41, 5.74) is -0.250. The Morgan fingerprint density at radius 1 is 1.59 bits per heavy atom. The number of carboxylic acids is 1. The van der Waals surface area contributed by atoms with Gasteiger partial charge in [0.2, 0.25) is 0 Å². The number of ether oxygens (including phenoxy) is 1. The van der Waals surface area contributed by atoms with Crippen molar-refractivity contribution in [1.29, 1.82) is 0 Å². The lowest BCUT2D eigenvalue weighted by molar-refractivity contribution is -0.137. The number of aromatic nitrogens is 1. The van der Waals surface area contributed by atoms with Crippen LogP contribution in [0.4, 0.5) is 0 Å². The molecular weight excluding hydrogens is 222 g/mol. The average molecular weight is 237 g/mol. The molecule has 0 aliphatic heterocycles. The second kappa shape index (κ2) is 6.52. The first-order valence-electron chi connectivity index (χ1n) is 5.30. The zero-order valence-electron chi connectivity index (χ0n) is 9.46. The summed E-state index contributed by atoms with van der Waals surface area (Å²) >= 11 is 0. The van der Waals surface area contributed by atoms with E-state index in [0.717, 1.165) is 0 Å². The van der Waals surface area contributed by atoms with E-state index < -0.39 is 5.97 Å². The van der Waals surface area contributed by atoms with Crippen LogP contribution in [0.5, 0.6) is 5.75 Å². The van der Waals surface area contributed by atoms with Gasteiger partial charge in [-0.1, -0.05) is 12.7 Å². The summed E-state index contributed by atoms with van der Waals surface area (Å²) in [5, 5.41) is 8.51. The van der Waals surface area contributed by atoms with Gasteiger partial charge in [-0.3, -0.25) is 9.59 Å². The fraction of sp³-hybridized carbons (Fsp3) is 0.333. The van der Waals surface area contributed by atoms with Gasteiger partial charge in [0.1, 0.15) is 6.61 Å². The Balaban J connectivity index is 2.69. The van der Waals surface area contributed by atoms with Crippen LogP contribution in [0, 0.1) is 0 Å². The van der Waals surface area contributed by atoms with Crippen LogP contribution in [0.3, 0.4) is 0 Å². The normalized spacial score (nSPS) is 9.88. The molecule has 0 saturated carbocycles. The summed E-state index contributed by atoms with van der Waals surface area (Å²) in [5.74, 6) is -0.611. The average Bonchev–Trinajstić information content (AvgIpc) is 2.29. The van der Waals surface area contributed by atoms with E-state index in [1.807, 2.05) is 0 Å². The number of aliphatic carboxylic acids is 1. The van der Waals surface area contributed by atoms with Crippen LogP contribution >= 0.6 is 0 Å². The molecule has 0 unspecified atom stereocenters. The highest BCUT2D eigenvalue weighted by atomic mass is 16.5. The fourth-order valence-electron chi connectivity index (χ4n) is 1.35. The Bertz CT molecular complexity index is 450. The van der Waals surface area contributed by atoms with Crippen molar-refractivity contribution in [2.24, 2.45) is 0 Å². The zero-order chi connectivity index (χ0) is 12.7. The van der Waals surface area contributed by atoms with Crippen molar-refractivity contribution in [3.63, 3.8) is 0 Å². The van der Waals surface area contributed by atoms with Gasteiger partial charge in [0.25, 0.3) is 5.56 Å². The quantitative estimate of drug-likeness (QED) is 0.725. The lowest BCUT2D eigenvalue weighted by Crippen LogP contribution is -2.21. The lowest BCUT2D eigenvalue weighted by Gasteiger charge is -2.07. The van der Waals surface area contributed by atoms with E-state index in [4.69, 9.17) is 9.84 Å². The first-order chi connectivity index (χ1) is 8.15. The third-order valence-electron chi connectivity index (χ3n) is 2.13. The number of hydrogen-bond donors (Lipinski definition) is 1. The summed E-state index contributed by atoms with van der Waals surface area (Å²) in [6.45, 7) is 4.14. The molecule has 1 aromatic heterocycles. The van der Waals surface area contributed by atoms with Crippen molar-refractivity contribution in [1.82, 2.24) is 4.57 Å². The van der Waals surface area contributed by atoms with Crippen molar-refractivity contribution >= 4 is 5.97 Å². The summed E-state index contributed by atoms with van der Waals surface area (Å²) < 4.78 is 6.63. The van der Waals surface area contributed by atoms with E-state index in [-0.39, 0.29) is 24.3 Å². The Labute approximate surface area is 99.0 Å². The third-order valence-corrected chi connectivity index (χ3v) is 2.13. The predicted octanol–water partition coefficient (Wildman–Crippen LogP) is 1.28. The Morgan fingerprint density at radius 2 is 2.35 bits per heavy atom. The molecular formula is C12H15NO4. The predicted molar refractivity (Wildman–Crippen MR) is 63.3 cm³/mol. The molecule has 5 heteroatoms. The second-order valence-corrected chi connectivity index (χ2v) is 3.47. The minimum absolute atomic E-state index is 0.0458. The topological polar surface area (TPSA) is 68.5 Å². The second-order valence-electron chi connectivity index (χ2n) is 3.47. The fourth-order valence-corrected chi connectivity index (χ4v) is 1.35. The van der Waals surface area contributed by atoms with Crippen LogP contribution in [-0.4, -0.2) is 22.2 Å². The van der Waals surface area contributed by atoms with Gasteiger partial charge in [-0.15, -0.1) is 0 Å². The molecule has 0 aliphatic carbocycles. The van der Waals surface area contributed by atoms with Gasteiger partial charge in [0, 0.05) is 19.2 Å². The SMILES string of the molecule is C=CCOc1cccn(CCCC(=O)O)c1=O. The van der Waals surface area contributed by atoms with Gasteiger partial charge in [0.05, 0.1) is 0 Å². The molecule has 0 atom stereocenters. The van der Waals surface area contributed by atoms with E-state index in [2.05, 4.69) is 6.58 Å². The summed E-state index contributed by atoms with van der Waals surface area (Å²) in [4.78, 5) is 22.2. The Morgan fingerprint density at radius 3 is 3.00 bits per heavy atom. The van der Waals surface area contributed by atoms with Crippen LogP contribution in [0.2, 0.25) is 0 Å². The van der Waals surface area contributed by atoms with E-state index in [0.29, 0.717) is 13.0 Å². The summed E-state index contributed by atoms with van der Waals surface area (Å²) in [6.07, 6.45) is 3.64. The van der Waals surface area contributed by atoms with Gasteiger partial charge in [-0.25, -0.2) is 0 Å². The van der Waals surface area contributed by atoms with Crippen LogP contribution in [-0.2, 0) is 11.3 Å². The van der Waals surface area contributed by atoms with Gasteiger partial charge >= 0.3 is 5.97 Å². The molecule has 0 spiro atoms. The highest BCUT2D eigenvalue weighted by molar-refractivity contribution is 5.66. The molecule has 1 rings (SSSR count). The van der Waals surface area contributed by atoms with Gasteiger partial charge in [0.15, 0.2) is 5.75 Å². The largest absolute Gasteiger partial charge is 0.484 e. The third kappa shape index (κ3) is 4.14. The van der Waals surface area contributed by atoms with Crippen molar-refractivity contribution in [3.05, 3.63) is 41.3 Å². The molecule has 1 heterocycles. The molecule has 92 valence electrons. The summed E-state index contributed by atoms with van der Waals surface area (Å²) in [7, 11) is 0. The molecule has 0 aromatic carbocycles. The molecule has 1 N–H and O–H groups in total. The van der Waals surface area contributed by atoms with Crippen molar-refractivity contribution in [2.45, 2.75) is 19.4 Å². The lowest BCUT2D eigenvalue weighted by atomic mass is 10.3. The zero-order valence-corrected chi connectivity index (χ0v) is 9.46. The number of rotatable bonds is 7. The highest BCUT2D eigenvalue weighted by Gasteiger charge is 2.04. The number of carboxylic acid groups (broad SMARTS) is 1. The smallest absolute Gasteiger partial charge is 0.303 e. The van der Waals surface area contributed by atoms with Crippen molar-refractivity contribution in [3.8, 4) is 5.75 Å². The van der Waals surface area contributed by atoms with Crippen molar-refractivity contribution < 1.29 is 14.6 Å². The number of hydrogen-bond acceptors (Lipinski definition) is 3. The van der Waals surface area contributed by atoms with Gasteiger partial charge < -0.3 is 14.4 Å². The molecule has 1 aromatic rings. The molecule has 0 amide bonds. The molecule has 0 bridgehead atoms. The maximum absolute atomic E-state index is 11.8. The van der Waals surface area contributed by atoms with E-state index in [1.165, 1.54) is 4.57 Å². The van der Waals surface area contributed by atoms with Crippen LogP contribution in [0.25, 0.3) is 0 Å². The first-order valence-corrected chi connectivity index (χ1v) is 5.30. The van der Waals surface area contributed by atoms with Gasteiger partial charge in [-0.2, -0.15) is 0 Å². The van der Waals surface area contributed by atoms with E-state index >= 15 is 0 Å². The molecule has 17 heavy (non-hydrogen) atoms. The van der Waals surface area contributed by atoms with E-state index in [9.17, 15) is 9.59 Å². The van der Waals surface area contributed by atoms with Crippen LogP contribution in [0.15, 0.2) is 35.8 Å². The summed E-state index contributed by atoms with van der Waals surface area (Å²) in [6, 6.07) is 3.28. The number of nitrogens with zero attached hydrogens (tertiary/aromatic N) is 1. The molecule has 0 radical (unpaired) electrons. The maximum Gasteiger partial charge on any atom is 0.303 e. The standard InChI is InChI=1S/C12H15NO4/c1-2-9-17-10-5-3-7-13(12(10)16)8-4-6-11(14)15/h2-3,5,7H,1,4,6,8-9H2,(H,14,15). The van der Waals surface area contributed by atoms with Gasteiger partial charge in [-0.05, 0) is 18.6 Å². The maximum atomic E-state index is 11.8. The monoisotopic (exact) mass is 237 g/mol. The van der Waals surface area contributed by atoms with Crippen LogP contribution in [0.1, 0.15) is 12.8 Å². The number of pyridine rings is 1. The van der Waals surface area contributed by atoms with Crippen LogP contribution < -0.4 is 10.3 Å². The molecule has 5 nitrogen and oxygen atoms in total. The minimum atomic E-state index is -0.864. The Kier molecular flexibility index (Phi) is 5.00. The first kappa shape index (κ1) is 13.0. The molecule has 0 saturated heterocycles. The van der Waals surface area contributed by atoms with E-state index in [1.54, 1.807) is 24.4 Å². The Hall–Kier alpha value is -2.04. The van der Waals surface area contributed by atoms with Crippen molar-refractivity contribution in [2.75, 3.05) is 6.61 Å². The molecule has 0 fully saturated rings. The number of carbonyl (C=O) groups is 1. The number of aryl methyl sites for hydroxylation is 1. The highest BCUT2D eigenvalue weighted by Crippen LogP contribution is 2.03.